The Kier molecular flexibility index (Phi) is 8.18. The quantitative estimate of drug-likeness (QED) is 0.218. The molecule has 0 saturated heterocycles. The number of fused-ring (bicyclic) bond motifs is 1. The van der Waals surface area contributed by atoms with Crippen LogP contribution >= 0.6 is 11.3 Å². The standard InChI is InChI=1S/C30H27N5O5S/c1-3-31-30(39)34-26-14-20(28-33-24(17-41-28)18-7-5-4-6-8-18)22(15-32-26)19-9-10-25-21(13-19)27(36)23(29(37)38)16-35(25)11-12-40-2/h4-10,13-17H,3,11-12H2,1-2H3,(H,37,38)(H2,31,32,34,39). The number of carboxylic acid groups (broad SMARTS) is 1. The van der Waals surface area contributed by atoms with E-state index in [0.717, 1.165) is 11.3 Å². The van der Waals surface area contributed by atoms with Crippen LogP contribution < -0.4 is 16.1 Å². The van der Waals surface area contributed by atoms with E-state index in [2.05, 4.69) is 15.6 Å². The molecule has 0 aliphatic heterocycles. The Labute approximate surface area is 239 Å². The zero-order chi connectivity index (χ0) is 28.9. The van der Waals surface area contributed by atoms with Crippen LogP contribution in [0.3, 0.4) is 0 Å². The van der Waals surface area contributed by atoms with Gasteiger partial charge in [0.05, 0.1) is 17.8 Å². The number of nitrogens with one attached hydrogen (secondary N) is 2. The number of carbonyl (C=O) groups excluding carboxylic acids is 1. The van der Waals surface area contributed by atoms with Crippen LogP contribution in [0.5, 0.6) is 0 Å². The van der Waals surface area contributed by atoms with E-state index < -0.39 is 11.4 Å². The molecule has 0 fully saturated rings. The van der Waals surface area contributed by atoms with Gasteiger partial charge in [-0.1, -0.05) is 36.4 Å². The summed E-state index contributed by atoms with van der Waals surface area (Å²) in [5.41, 5.74) is 3.49. The Hall–Kier alpha value is -4.87. The van der Waals surface area contributed by atoms with E-state index in [-0.39, 0.29) is 17.0 Å². The third-order valence-corrected chi connectivity index (χ3v) is 7.32. The number of urea groups is 1. The van der Waals surface area contributed by atoms with Crippen molar-refractivity contribution in [1.82, 2.24) is 19.9 Å². The van der Waals surface area contributed by atoms with Crippen LogP contribution in [0.2, 0.25) is 0 Å². The maximum Gasteiger partial charge on any atom is 0.341 e. The number of methoxy groups -OCH3 is 1. The number of anilines is 1. The monoisotopic (exact) mass is 569 g/mol. The van der Waals surface area contributed by atoms with Crippen LogP contribution in [0, 0.1) is 0 Å². The van der Waals surface area contributed by atoms with E-state index in [1.807, 2.05) is 48.7 Å². The number of thiazole rings is 1. The number of aromatic nitrogens is 3. The molecule has 10 nitrogen and oxygen atoms in total. The molecule has 0 spiro atoms. The van der Waals surface area contributed by atoms with Crippen LogP contribution in [-0.4, -0.2) is 51.9 Å². The molecule has 3 heterocycles. The minimum atomic E-state index is -1.30. The lowest BCUT2D eigenvalue weighted by atomic mass is 9.99. The molecule has 3 aromatic heterocycles. The molecule has 0 saturated carbocycles. The van der Waals surface area contributed by atoms with Crippen LogP contribution in [0.4, 0.5) is 10.6 Å². The summed E-state index contributed by atoms with van der Waals surface area (Å²) >= 11 is 1.44. The van der Waals surface area contributed by atoms with Gasteiger partial charge < -0.3 is 19.7 Å². The zero-order valence-corrected chi connectivity index (χ0v) is 23.2. The smallest absolute Gasteiger partial charge is 0.341 e. The molecule has 3 N–H and O–H groups in total. The third kappa shape index (κ3) is 5.86. The zero-order valence-electron chi connectivity index (χ0n) is 22.4. The van der Waals surface area contributed by atoms with Gasteiger partial charge >= 0.3 is 12.0 Å². The second-order valence-electron chi connectivity index (χ2n) is 9.10. The van der Waals surface area contributed by atoms with Crippen molar-refractivity contribution in [1.29, 1.82) is 0 Å². The van der Waals surface area contributed by atoms with E-state index in [1.54, 1.807) is 36.1 Å². The summed E-state index contributed by atoms with van der Waals surface area (Å²) in [5.74, 6) is -0.963. The molecule has 0 aliphatic rings. The van der Waals surface area contributed by atoms with Gasteiger partial charge in [-0.3, -0.25) is 10.1 Å². The van der Waals surface area contributed by atoms with Crippen molar-refractivity contribution >= 4 is 40.1 Å². The maximum absolute atomic E-state index is 13.2. The third-order valence-electron chi connectivity index (χ3n) is 6.44. The molecule has 5 aromatic rings. The predicted molar refractivity (Wildman–Crippen MR) is 160 cm³/mol. The highest BCUT2D eigenvalue weighted by atomic mass is 32.1. The SMILES string of the molecule is CCNC(=O)Nc1cc(-c2nc(-c3ccccc3)cs2)c(-c2ccc3c(c2)c(=O)c(C(=O)O)cn3CCOC)cn1. The van der Waals surface area contributed by atoms with Gasteiger partial charge in [-0.25, -0.2) is 19.6 Å². The molecular weight excluding hydrogens is 542 g/mol. The second-order valence-corrected chi connectivity index (χ2v) is 9.96. The van der Waals surface area contributed by atoms with Crippen LogP contribution in [0.25, 0.3) is 43.9 Å². The number of pyridine rings is 2. The molecule has 11 heteroatoms. The highest BCUT2D eigenvalue weighted by Gasteiger charge is 2.19. The summed E-state index contributed by atoms with van der Waals surface area (Å²) in [6.07, 6.45) is 2.97. The fourth-order valence-corrected chi connectivity index (χ4v) is 5.34. The predicted octanol–water partition coefficient (Wildman–Crippen LogP) is 5.34. The molecule has 5 rings (SSSR count). The lowest BCUT2D eigenvalue weighted by Crippen LogP contribution is -2.28. The van der Waals surface area contributed by atoms with Crippen molar-refractivity contribution in [3.8, 4) is 33.0 Å². The summed E-state index contributed by atoms with van der Waals surface area (Å²) < 4.78 is 6.88. The van der Waals surface area contributed by atoms with Gasteiger partial charge in [0.25, 0.3) is 0 Å². The largest absolute Gasteiger partial charge is 0.477 e. The highest BCUT2D eigenvalue weighted by molar-refractivity contribution is 7.13. The summed E-state index contributed by atoms with van der Waals surface area (Å²) in [6.45, 7) is 3.00. The second kappa shape index (κ2) is 12.1. The number of ether oxygens (including phenoxy) is 1. The Morgan fingerprint density at radius 2 is 1.88 bits per heavy atom. The van der Waals surface area contributed by atoms with Gasteiger partial charge in [0.1, 0.15) is 16.4 Å². The van der Waals surface area contributed by atoms with Crippen molar-refractivity contribution in [2.24, 2.45) is 0 Å². The van der Waals surface area contributed by atoms with Crippen molar-refractivity contribution < 1.29 is 19.4 Å². The Morgan fingerprint density at radius 1 is 1.07 bits per heavy atom. The average molecular weight is 570 g/mol. The Balaban J connectivity index is 1.67. The lowest BCUT2D eigenvalue weighted by Gasteiger charge is -2.14. The summed E-state index contributed by atoms with van der Waals surface area (Å²) in [7, 11) is 1.56. The fraction of sp³-hybridized carbons (Fsp3) is 0.167. The number of rotatable bonds is 9. The maximum atomic E-state index is 13.2. The molecule has 2 aromatic carbocycles. The molecule has 41 heavy (non-hydrogen) atoms. The number of benzene rings is 2. The van der Waals surface area contributed by atoms with Gasteiger partial charge in [0.15, 0.2) is 0 Å². The number of nitrogens with zero attached hydrogens (tertiary/aromatic N) is 3. The number of aromatic carboxylic acids is 1. The fourth-order valence-electron chi connectivity index (χ4n) is 4.48. The Bertz CT molecular complexity index is 1800. The van der Waals surface area contributed by atoms with Crippen molar-refractivity contribution in [3.05, 3.63) is 88.2 Å². The molecular formula is C30H27N5O5S. The van der Waals surface area contributed by atoms with E-state index in [9.17, 15) is 19.5 Å². The normalized spacial score (nSPS) is 11.0. The van der Waals surface area contributed by atoms with E-state index in [0.29, 0.717) is 52.7 Å². The summed E-state index contributed by atoms with van der Waals surface area (Å²) in [4.78, 5) is 46.6. The van der Waals surface area contributed by atoms with E-state index in [1.165, 1.54) is 17.5 Å². The molecule has 2 amide bonds. The van der Waals surface area contributed by atoms with Gasteiger partial charge in [0, 0.05) is 60.0 Å². The first kappa shape index (κ1) is 27.7. The van der Waals surface area contributed by atoms with Gasteiger partial charge in [-0.15, -0.1) is 11.3 Å². The topological polar surface area (TPSA) is 135 Å². The van der Waals surface area contributed by atoms with Gasteiger partial charge in [0.2, 0.25) is 5.43 Å². The van der Waals surface area contributed by atoms with E-state index in [4.69, 9.17) is 9.72 Å². The molecule has 0 unspecified atom stereocenters. The molecule has 0 radical (unpaired) electrons. The number of hydrogen-bond donors (Lipinski definition) is 3. The summed E-state index contributed by atoms with van der Waals surface area (Å²) in [6, 6.07) is 16.5. The van der Waals surface area contributed by atoms with Crippen LogP contribution in [-0.2, 0) is 11.3 Å². The minimum Gasteiger partial charge on any atom is -0.477 e. The summed E-state index contributed by atoms with van der Waals surface area (Å²) in [5, 5.41) is 18.0. The van der Waals surface area contributed by atoms with E-state index >= 15 is 0 Å². The van der Waals surface area contributed by atoms with Crippen LogP contribution in [0.15, 0.2) is 77.2 Å². The van der Waals surface area contributed by atoms with Crippen molar-refractivity contribution in [2.45, 2.75) is 13.5 Å². The van der Waals surface area contributed by atoms with Gasteiger partial charge in [-0.2, -0.15) is 0 Å². The minimum absolute atomic E-state index is 0.262. The number of hydrogen-bond acceptors (Lipinski definition) is 7. The average Bonchev–Trinajstić information content (AvgIpc) is 3.47. The first-order valence-corrected chi connectivity index (χ1v) is 13.7. The number of carboxylic acids is 1. The molecule has 0 bridgehead atoms. The molecule has 208 valence electrons. The van der Waals surface area contributed by atoms with Crippen LogP contribution in [0.1, 0.15) is 17.3 Å². The van der Waals surface area contributed by atoms with Gasteiger partial charge in [-0.05, 0) is 30.7 Å². The molecule has 0 aliphatic carbocycles. The van der Waals surface area contributed by atoms with Crippen molar-refractivity contribution in [2.75, 3.05) is 25.6 Å². The lowest BCUT2D eigenvalue weighted by molar-refractivity contribution is 0.0694. The first-order chi connectivity index (χ1) is 19.9. The number of amides is 2. The Morgan fingerprint density at radius 3 is 2.61 bits per heavy atom. The first-order valence-electron chi connectivity index (χ1n) is 12.9. The number of carbonyl (C=O) groups is 2. The molecule has 0 atom stereocenters. The highest BCUT2D eigenvalue weighted by Crippen LogP contribution is 2.37. The van der Waals surface area contributed by atoms with Crippen molar-refractivity contribution in [3.63, 3.8) is 0 Å².